The summed E-state index contributed by atoms with van der Waals surface area (Å²) < 4.78 is 42.8. The highest BCUT2D eigenvalue weighted by molar-refractivity contribution is 5.12. The summed E-state index contributed by atoms with van der Waals surface area (Å²) in [5.41, 5.74) is 0.0821. The Kier molecular flexibility index (Phi) is 4.38. The third-order valence-electron chi connectivity index (χ3n) is 9.03. The van der Waals surface area contributed by atoms with E-state index in [4.69, 9.17) is 0 Å². The van der Waals surface area contributed by atoms with Crippen molar-refractivity contribution in [3.63, 3.8) is 0 Å². The van der Waals surface area contributed by atoms with Gasteiger partial charge >= 0.3 is 6.36 Å². The molecule has 0 N–H and O–H groups in total. The molecule has 5 heteroatoms. The first-order chi connectivity index (χ1) is 12.2. The highest BCUT2D eigenvalue weighted by atomic mass is 19.4. The maximum absolute atomic E-state index is 12.8. The molecule has 0 aromatic carbocycles. The zero-order chi connectivity index (χ0) is 18.7. The average Bonchev–Trinajstić information content (AvgIpc) is 2.89. The predicted molar refractivity (Wildman–Crippen MR) is 91.8 cm³/mol. The summed E-state index contributed by atoms with van der Waals surface area (Å²) in [5.74, 6) is 2.35. The third kappa shape index (κ3) is 2.79. The van der Waals surface area contributed by atoms with Crippen molar-refractivity contribution in [1.82, 2.24) is 0 Å². The number of ether oxygens (including phenoxy) is 1. The monoisotopic (exact) mass is 369 g/mol. The van der Waals surface area contributed by atoms with Crippen molar-refractivity contribution >= 4 is 0 Å². The van der Waals surface area contributed by atoms with Gasteiger partial charge in [-0.05, 0) is 92.3 Å². The molecule has 4 aliphatic carbocycles. The molecule has 0 heterocycles. The van der Waals surface area contributed by atoms with Crippen molar-refractivity contribution < 1.29 is 17.9 Å². The molecule has 2 nitrogen and oxygen atoms in total. The van der Waals surface area contributed by atoms with Crippen LogP contribution in [0.25, 0.3) is 0 Å². The van der Waals surface area contributed by atoms with Gasteiger partial charge in [0, 0.05) is 0 Å². The van der Waals surface area contributed by atoms with Crippen LogP contribution in [0, 0.1) is 51.8 Å². The predicted octanol–water partition coefficient (Wildman–Crippen LogP) is 6.07. The van der Waals surface area contributed by atoms with Crippen LogP contribution in [0.5, 0.6) is 0 Å². The number of halogens is 3. The van der Waals surface area contributed by atoms with Crippen molar-refractivity contribution in [3.8, 4) is 6.07 Å². The van der Waals surface area contributed by atoms with Crippen LogP contribution in [0.15, 0.2) is 0 Å². The fourth-order valence-electron chi connectivity index (χ4n) is 7.81. The quantitative estimate of drug-likeness (QED) is 0.562. The minimum atomic E-state index is -4.53. The molecule has 0 aromatic heterocycles. The van der Waals surface area contributed by atoms with E-state index < -0.39 is 12.5 Å². The Bertz CT molecular complexity index is 599. The summed E-state index contributed by atoms with van der Waals surface area (Å²) in [4.78, 5) is 0. The maximum atomic E-state index is 12.8. The van der Waals surface area contributed by atoms with Crippen molar-refractivity contribution in [2.75, 3.05) is 0 Å². The van der Waals surface area contributed by atoms with E-state index in [-0.39, 0.29) is 16.7 Å². The summed E-state index contributed by atoms with van der Waals surface area (Å²) in [5, 5.41) is 9.57. The van der Waals surface area contributed by atoms with E-state index in [9.17, 15) is 18.4 Å². The van der Waals surface area contributed by atoms with Crippen molar-refractivity contribution in [2.24, 2.45) is 40.4 Å². The molecule has 8 unspecified atom stereocenters. The second kappa shape index (κ2) is 6.12. The van der Waals surface area contributed by atoms with E-state index in [1.807, 2.05) is 0 Å². The molecular formula is C21H30F3NO. The zero-order valence-electron chi connectivity index (χ0n) is 15.8. The molecule has 146 valence electrons. The molecule has 0 bridgehead atoms. The lowest BCUT2D eigenvalue weighted by Gasteiger charge is -2.61. The molecule has 4 rings (SSSR count). The van der Waals surface area contributed by atoms with Gasteiger partial charge in [-0.15, -0.1) is 13.2 Å². The molecule has 0 aliphatic heterocycles. The van der Waals surface area contributed by atoms with E-state index in [0.717, 1.165) is 38.5 Å². The van der Waals surface area contributed by atoms with Gasteiger partial charge in [-0.2, -0.15) is 5.26 Å². The lowest BCUT2D eigenvalue weighted by molar-refractivity contribution is -0.351. The van der Waals surface area contributed by atoms with Gasteiger partial charge in [-0.3, -0.25) is 4.74 Å². The summed E-state index contributed by atoms with van der Waals surface area (Å²) in [6.45, 7) is 4.55. The Balaban J connectivity index is 1.57. The van der Waals surface area contributed by atoms with Crippen molar-refractivity contribution in [1.29, 1.82) is 5.26 Å². The molecule has 4 saturated carbocycles. The lowest BCUT2D eigenvalue weighted by Crippen LogP contribution is -2.54. The molecular weight excluding hydrogens is 339 g/mol. The summed E-state index contributed by atoms with van der Waals surface area (Å²) in [6.07, 6.45) is 3.33. The first kappa shape index (κ1) is 18.6. The van der Waals surface area contributed by atoms with E-state index >= 15 is 0 Å². The molecule has 0 amide bonds. The number of nitriles is 1. The first-order valence-corrected chi connectivity index (χ1v) is 10.3. The van der Waals surface area contributed by atoms with E-state index in [1.165, 1.54) is 6.42 Å². The van der Waals surface area contributed by atoms with Crippen LogP contribution in [-0.2, 0) is 4.74 Å². The summed E-state index contributed by atoms with van der Waals surface area (Å²) in [6, 6.07) is 2.55. The molecule has 4 fully saturated rings. The minimum Gasteiger partial charge on any atom is -0.289 e. The fourth-order valence-corrected chi connectivity index (χ4v) is 7.81. The molecule has 0 radical (unpaired) electrons. The fraction of sp³-hybridized carbons (Fsp3) is 0.952. The van der Waals surface area contributed by atoms with E-state index in [1.54, 1.807) is 0 Å². The molecule has 8 atom stereocenters. The average molecular weight is 369 g/mol. The summed E-state index contributed by atoms with van der Waals surface area (Å²) >= 11 is 0. The van der Waals surface area contributed by atoms with Gasteiger partial charge in [0.15, 0.2) is 0 Å². The van der Waals surface area contributed by atoms with Crippen LogP contribution < -0.4 is 0 Å². The highest BCUT2D eigenvalue weighted by Crippen LogP contribution is 2.67. The number of hydrogen-bond donors (Lipinski definition) is 0. The summed E-state index contributed by atoms with van der Waals surface area (Å²) in [7, 11) is 0. The Morgan fingerprint density at radius 2 is 1.62 bits per heavy atom. The maximum Gasteiger partial charge on any atom is 0.522 e. The highest BCUT2D eigenvalue weighted by Gasteiger charge is 2.60. The van der Waals surface area contributed by atoms with Gasteiger partial charge in [0.05, 0.1) is 18.1 Å². The van der Waals surface area contributed by atoms with Crippen molar-refractivity contribution in [3.05, 3.63) is 0 Å². The number of alkyl halides is 3. The Hall–Kier alpha value is -0.760. The number of fused-ring (bicyclic) bond motifs is 5. The zero-order valence-corrected chi connectivity index (χ0v) is 15.8. The third-order valence-corrected chi connectivity index (χ3v) is 9.03. The topological polar surface area (TPSA) is 33.0 Å². The minimum absolute atomic E-state index is 0.0385. The second-order valence-corrected chi connectivity index (χ2v) is 9.93. The first-order valence-electron chi connectivity index (χ1n) is 10.3. The van der Waals surface area contributed by atoms with Crippen LogP contribution >= 0.6 is 0 Å². The van der Waals surface area contributed by atoms with Gasteiger partial charge in [-0.25, -0.2) is 0 Å². The Morgan fingerprint density at radius 1 is 0.923 bits per heavy atom. The molecule has 0 spiro atoms. The van der Waals surface area contributed by atoms with Crippen LogP contribution in [-0.4, -0.2) is 12.5 Å². The van der Waals surface area contributed by atoms with Crippen LogP contribution in [0.4, 0.5) is 13.2 Å². The molecule has 26 heavy (non-hydrogen) atoms. The molecule has 4 aliphatic rings. The smallest absolute Gasteiger partial charge is 0.289 e. The second-order valence-electron chi connectivity index (χ2n) is 9.93. The van der Waals surface area contributed by atoms with Crippen LogP contribution in [0.2, 0.25) is 0 Å². The number of rotatable bonds is 1. The van der Waals surface area contributed by atoms with Gasteiger partial charge < -0.3 is 0 Å². The largest absolute Gasteiger partial charge is 0.522 e. The molecule has 0 saturated heterocycles. The van der Waals surface area contributed by atoms with Gasteiger partial charge in [-0.1, -0.05) is 13.8 Å². The Morgan fingerprint density at radius 3 is 2.31 bits per heavy atom. The molecule has 0 aromatic rings. The Labute approximate surface area is 154 Å². The lowest BCUT2D eigenvalue weighted by atomic mass is 9.44. The van der Waals surface area contributed by atoms with E-state index in [0.29, 0.717) is 36.5 Å². The number of nitrogens with zero attached hydrogens (tertiary/aromatic N) is 1. The van der Waals surface area contributed by atoms with Gasteiger partial charge in [0.2, 0.25) is 0 Å². The van der Waals surface area contributed by atoms with Gasteiger partial charge in [0.25, 0.3) is 0 Å². The number of hydrogen-bond acceptors (Lipinski definition) is 2. The van der Waals surface area contributed by atoms with Gasteiger partial charge in [0.1, 0.15) is 0 Å². The normalized spacial score (nSPS) is 51.1. The van der Waals surface area contributed by atoms with Crippen LogP contribution in [0.1, 0.15) is 71.6 Å². The van der Waals surface area contributed by atoms with Crippen molar-refractivity contribution in [2.45, 2.75) is 84.1 Å². The standard InChI is InChI=1S/C21H30F3NO/c1-19-10-9-18-16(17(19)8-5-14(19)12-25)7-4-13-3-6-15(11-20(13,18)2)26-21(22,23)24/h13-18H,3-11H2,1-2H3. The SMILES string of the molecule is CC12CCC3C(CCC4CCC(OC(F)(F)F)CC43C)C1CCC2C#N. The van der Waals surface area contributed by atoms with Crippen LogP contribution in [0.3, 0.4) is 0 Å². The van der Waals surface area contributed by atoms with E-state index in [2.05, 4.69) is 24.7 Å².